The van der Waals surface area contributed by atoms with Crippen molar-refractivity contribution >= 4 is 23.9 Å². The lowest BCUT2D eigenvalue weighted by Crippen LogP contribution is -2.19. The molecule has 1 atom stereocenters. The Labute approximate surface area is 263 Å². The topological polar surface area (TPSA) is 106 Å². The standard InChI is InChI=1S/C33H28F2N4O5S/c1-39-14-13-37-32(39)24-17-23(45-15-12-29(40)41-2)9-11-26(24)43-31-25(34)19-38-33(30(31)35)44-28-16-22(18-36)8-10-27(28)42-20-21-6-4-3-5-7-21/h3-11,13,16-17,19,32H,12,14-15,20H2,1-2H3. The molecule has 0 radical (unpaired) electrons. The smallest absolute Gasteiger partial charge is 0.306 e. The Morgan fingerprint density at radius 2 is 1.87 bits per heavy atom. The number of pyridine rings is 1. The van der Waals surface area contributed by atoms with Crippen LogP contribution in [0.4, 0.5) is 8.78 Å². The molecule has 3 aromatic carbocycles. The van der Waals surface area contributed by atoms with Crippen molar-refractivity contribution in [2.75, 3.05) is 26.5 Å². The number of hydrogen-bond donors (Lipinski definition) is 0. The number of hydrogen-bond acceptors (Lipinski definition) is 10. The fraction of sp³-hybridized carbons (Fsp3) is 0.212. The van der Waals surface area contributed by atoms with Crippen LogP contribution >= 0.6 is 11.8 Å². The Morgan fingerprint density at radius 3 is 2.60 bits per heavy atom. The molecule has 0 spiro atoms. The minimum Gasteiger partial charge on any atom is -0.485 e. The number of halogens is 2. The number of esters is 1. The van der Waals surface area contributed by atoms with Gasteiger partial charge in [-0.3, -0.25) is 14.7 Å². The van der Waals surface area contributed by atoms with Gasteiger partial charge in [0.05, 0.1) is 31.4 Å². The molecule has 0 aliphatic carbocycles. The first-order valence-corrected chi connectivity index (χ1v) is 14.8. The van der Waals surface area contributed by atoms with Gasteiger partial charge in [0.25, 0.3) is 5.88 Å². The second kappa shape index (κ2) is 14.7. The molecule has 1 aliphatic rings. The Bertz CT molecular complexity index is 1750. The van der Waals surface area contributed by atoms with Crippen LogP contribution in [0.3, 0.4) is 0 Å². The van der Waals surface area contributed by atoms with Gasteiger partial charge in [0.1, 0.15) is 18.5 Å². The number of nitriles is 1. The van der Waals surface area contributed by atoms with E-state index in [1.54, 1.807) is 18.3 Å². The van der Waals surface area contributed by atoms with Gasteiger partial charge in [-0.2, -0.15) is 9.65 Å². The van der Waals surface area contributed by atoms with Crippen LogP contribution < -0.4 is 14.2 Å². The zero-order chi connectivity index (χ0) is 31.8. The third-order valence-corrected chi connectivity index (χ3v) is 7.72. The Balaban J connectivity index is 1.43. The number of carbonyl (C=O) groups is 1. The molecule has 45 heavy (non-hydrogen) atoms. The minimum absolute atomic E-state index is 0.0184. The van der Waals surface area contributed by atoms with Crippen LogP contribution in [0, 0.1) is 23.0 Å². The zero-order valence-electron chi connectivity index (χ0n) is 24.4. The summed E-state index contributed by atoms with van der Waals surface area (Å²) >= 11 is 1.43. The molecule has 230 valence electrons. The predicted octanol–water partition coefficient (Wildman–Crippen LogP) is 7.07. The first-order chi connectivity index (χ1) is 21.9. The van der Waals surface area contributed by atoms with Gasteiger partial charge >= 0.3 is 5.97 Å². The fourth-order valence-electron chi connectivity index (χ4n) is 4.40. The molecule has 5 rings (SSSR count). The second-order valence-corrected chi connectivity index (χ2v) is 11.0. The lowest BCUT2D eigenvalue weighted by molar-refractivity contribution is -0.140. The number of thioether (sulfide) groups is 1. The monoisotopic (exact) mass is 630 g/mol. The maximum absolute atomic E-state index is 15.9. The highest BCUT2D eigenvalue weighted by Crippen LogP contribution is 2.41. The molecule has 9 nitrogen and oxygen atoms in total. The SMILES string of the molecule is COC(=O)CCSc1ccc(Oc2c(F)cnc(Oc3cc(C#N)ccc3OCc3ccccc3)c2F)c(C2N=CCN2C)c1. The van der Waals surface area contributed by atoms with E-state index in [9.17, 15) is 10.1 Å². The summed E-state index contributed by atoms with van der Waals surface area (Å²) in [5.41, 5.74) is 1.70. The highest BCUT2D eigenvalue weighted by atomic mass is 32.2. The van der Waals surface area contributed by atoms with Crippen molar-refractivity contribution in [1.29, 1.82) is 5.26 Å². The van der Waals surface area contributed by atoms with E-state index < -0.39 is 29.4 Å². The van der Waals surface area contributed by atoms with Gasteiger partial charge in [-0.15, -0.1) is 11.8 Å². The molecule has 1 aromatic heterocycles. The van der Waals surface area contributed by atoms with Gasteiger partial charge in [0.15, 0.2) is 17.3 Å². The zero-order valence-corrected chi connectivity index (χ0v) is 25.2. The van der Waals surface area contributed by atoms with Gasteiger partial charge in [0.2, 0.25) is 11.6 Å². The van der Waals surface area contributed by atoms with Crippen LogP contribution in [0.1, 0.15) is 29.3 Å². The number of methoxy groups -OCH3 is 1. The number of aromatic nitrogens is 1. The number of ether oxygens (including phenoxy) is 4. The Kier molecular flexibility index (Phi) is 10.2. The summed E-state index contributed by atoms with van der Waals surface area (Å²) in [5, 5.41) is 9.42. The number of carbonyl (C=O) groups excluding carboxylic acids is 1. The van der Waals surface area contributed by atoms with Crippen LogP contribution in [0.2, 0.25) is 0 Å². The maximum atomic E-state index is 15.9. The summed E-state index contributed by atoms with van der Waals surface area (Å²) in [4.78, 5) is 22.6. The number of rotatable bonds is 12. The van der Waals surface area contributed by atoms with Crippen LogP contribution in [0.25, 0.3) is 0 Å². The maximum Gasteiger partial charge on any atom is 0.306 e. The molecule has 2 heterocycles. The van der Waals surface area contributed by atoms with Gasteiger partial charge in [-0.25, -0.2) is 9.37 Å². The van der Waals surface area contributed by atoms with Crippen molar-refractivity contribution in [3.05, 3.63) is 101 Å². The summed E-state index contributed by atoms with van der Waals surface area (Å²) < 4.78 is 53.2. The van der Waals surface area contributed by atoms with Crippen molar-refractivity contribution in [3.8, 4) is 34.9 Å². The van der Waals surface area contributed by atoms with Crippen molar-refractivity contribution in [3.63, 3.8) is 0 Å². The summed E-state index contributed by atoms with van der Waals surface area (Å²) in [5.74, 6) is -2.93. The predicted molar refractivity (Wildman–Crippen MR) is 164 cm³/mol. The number of aliphatic imine (C=N–C) groups is 1. The summed E-state index contributed by atoms with van der Waals surface area (Å²) in [6, 6.07) is 21.0. The average molecular weight is 631 g/mol. The van der Waals surface area contributed by atoms with Crippen molar-refractivity contribution in [1.82, 2.24) is 9.88 Å². The van der Waals surface area contributed by atoms with E-state index in [1.165, 1.54) is 37.1 Å². The molecule has 1 aliphatic heterocycles. The minimum atomic E-state index is -1.18. The molecular formula is C33H28F2N4O5S. The fourth-order valence-corrected chi connectivity index (χ4v) is 5.27. The van der Waals surface area contributed by atoms with Crippen LogP contribution in [0.15, 0.2) is 82.8 Å². The van der Waals surface area contributed by atoms with E-state index in [2.05, 4.69) is 9.98 Å². The number of nitrogens with zero attached hydrogens (tertiary/aromatic N) is 4. The molecule has 4 aromatic rings. The lowest BCUT2D eigenvalue weighted by atomic mass is 10.1. The lowest BCUT2D eigenvalue weighted by Gasteiger charge is -2.22. The van der Waals surface area contributed by atoms with E-state index in [-0.39, 0.29) is 41.8 Å². The Morgan fingerprint density at radius 1 is 1.07 bits per heavy atom. The molecule has 0 N–H and O–H groups in total. The average Bonchev–Trinajstić information content (AvgIpc) is 3.49. The third kappa shape index (κ3) is 7.75. The normalized spacial score (nSPS) is 14.2. The Hall–Kier alpha value is -4.99. The van der Waals surface area contributed by atoms with Crippen LogP contribution in [-0.4, -0.2) is 48.5 Å². The van der Waals surface area contributed by atoms with Gasteiger partial charge in [-0.05, 0) is 42.9 Å². The quantitative estimate of drug-likeness (QED) is 0.120. The van der Waals surface area contributed by atoms with E-state index in [0.29, 0.717) is 17.9 Å². The van der Waals surface area contributed by atoms with Gasteiger partial charge in [-0.1, -0.05) is 30.3 Å². The molecule has 0 saturated carbocycles. The molecule has 0 saturated heterocycles. The summed E-state index contributed by atoms with van der Waals surface area (Å²) in [7, 11) is 3.20. The first-order valence-electron chi connectivity index (χ1n) is 13.8. The molecule has 0 amide bonds. The molecule has 0 fully saturated rings. The van der Waals surface area contributed by atoms with Gasteiger partial charge < -0.3 is 18.9 Å². The van der Waals surface area contributed by atoms with Gasteiger partial charge in [0, 0.05) is 35.0 Å². The first kappa shape index (κ1) is 31.4. The molecule has 0 bridgehead atoms. The van der Waals surface area contributed by atoms with E-state index in [1.807, 2.05) is 54.4 Å². The largest absolute Gasteiger partial charge is 0.485 e. The highest BCUT2D eigenvalue weighted by molar-refractivity contribution is 7.99. The highest BCUT2D eigenvalue weighted by Gasteiger charge is 2.27. The third-order valence-electron chi connectivity index (χ3n) is 6.72. The van der Waals surface area contributed by atoms with Crippen molar-refractivity contribution in [2.24, 2.45) is 4.99 Å². The number of benzene rings is 3. The van der Waals surface area contributed by atoms with Crippen LogP contribution in [-0.2, 0) is 16.1 Å². The molecule has 1 unspecified atom stereocenters. The summed E-state index contributed by atoms with van der Waals surface area (Å²) in [6.45, 7) is 0.769. The van der Waals surface area contributed by atoms with Crippen LogP contribution in [0.5, 0.6) is 28.9 Å². The second-order valence-electron chi connectivity index (χ2n) is 9.83. The molecular weight excluding hydrogens is 602 g/mol. The van der Waals surface area contributed by atoms with E-state index in [0.717, 1.165) is 16.7 Å². The van der Waals surface area contributed by atoms with Crippen molar-refractivity contribution < 1.29 is 32.5 Å². The summed E-state index contributed by atoms with van der Waals surface area (Å²) in [6.07, 6.45) is 2.31. The van der Waals surface area contributed by atoms with E-state index >= 15 is 8.78 Å². The molecule has 12 heteroatoms. The van der Waals surface area contributed by atoms with Crippen molar-refractivity contribution in [2.45, 2.75) is 24.1 Å². The van der Waals surface area contributed by atoms with E-state index in [4.69, 9.17) is 18.9 Å².